The minimum Gasteiger partial charge on any atom is -0.490 e. The van der Waals surface area contributed by atoms with Crippen LogP contribution >= 0.6 is 0 Å². The van der Waals surface area contributed by atoms with Crippen LogP contribution in [0, 0.1) is 0 Å². The molecule has 0 bridgehead atoms. The molecule has 1 aromatic carbocycles. The smallest absolute Gasteiger partial charge is 0.418 e. The lowest BCUT2D eigenvalue weighted by Crippen LogP contribution is -2.44. The highest BCUT2D eigenvalue weighted by molar-refractivity contribution is 5.68. The van der Waals surface area contributed by atoms with Gasteiger partial charge in [0.05, 0.1) is 18.4 Å². The van der Waals surface area contributed by atoms with Crippen molar-refractivity contribution >= 4 is 11.8 Å². The predicted molar refractivity (Wildman–Crippen MR) is 93.5 cm³/mol. The van der Waals surface area contributed by atoms with E-state index in [-0.39, 0.29) is 17.5 Å². The van der Waals surface area contributed by atoms with Crippen molar-refractivity contribution < 1.29 is 32.3 Å². The van der Waals surface area contributed by atoms with E-state index in [9.17, 15) is 18.0 Å². The fourth-order valence-corrected chi connectivity index (χ4v) is 2.71. The number of piperidine rings is 1. The van der Waals surface area contributed by atoms with Crippen LogP contribution < -0.4 is 10.2 Å². The van der Waals surface area contributed by atoms with Gasteiger partial charge in [0, 0.05) is 25.9 Å². The van der Waals surface area contributed by atoms with Crippen molar-refractivity contribution in [2.45, 2.75) is 51.5 Å². The first kappa shape index (κ1) is 21.1. The summed E-state index contributed by atoms with van der Waals surface area (Å²) in [5, 5.41) is 0. The van der Waals surface area contributed by atoms with Crippen molar-refractivity contribution in [1.29, 1.82) is 0 Å². The lowest BCUT2D eigenvalue weighted by atomic mass is 10.1. The zero-order chi connectivity index (χ0) is 20.2. The van der Waals surface area contributed by atoms with Gasteiger partial charge in [-0.2, -0.15) is 13.2 Å². The van der Waals surface area contributed by atoms with Crippen LogP contribution in [-0.2, 0) is 15.8 Å². The number of rotatable bonds is 4. The second kappa shape index (κ2) is 8.24. The minimum atomic E-state index is -4.54. The molecule has 152 valence electrons. The van der Waals surface area contributed by atoms with E-state index in [1.807, 2.05) is 0 Å². The fourth-order valence-electron chi connectivity index (χ4n) is 2.71. The number of hydrogen-bond acceptors (Lipinski definition) is 5. The molecule has 0 spiro atoms. The molecule has 1 N–H and O–H groups in total. The number of amides is 1. The number of benzene rings is 1. The van der Waals surface area contributed by atoms with Crippen LogP contribution in [0.1, 0.15) is 39.2 Å². The topological polar surface area (TPSA) is 60.0 Å². The summed E-state index contributed by atoms with van der Waals surface area (Å²) in [5.74, 6) is 0.125. The van der Waals surface area contributed by atoms with Crippen molar-refractivity contribution in [3.05, 3.63) is 23.8 Å². The van der Waals surface area contributed by atoms with Crippen LogP contribution in [0.5, 0.6) is 5.75 Å². The molecule has 0 aliphatic carbocycles. The quantitative estimate of drug-likeness (QED) is 0.770. The van der Waals surface area contributed by atoms with Crippen LogP contribution in [-0.4, -0.2) is 42.9 Å². The third-order valence-corrected chi connectivity index (χ3v) is 3.90. The third-order valence-electron chi connectivity index (χ3n) is 3.90. The lowest BCUT2D eigenvalue weighted by molar-refractivity contribution is -0.137. The number of carbonyl (C=O) groups is 1. The Hall–Kier alpha value is -2.16. The summed E-state index contributed by atoms with van der Waals surface area (Å²) in [6.45, 7) is 6.23. The molecule has 1 heterocycles. The Morgan fingerprint density at radius 3 is 2.33 bits per heavy atom. The normalized spacial score (nSPS) is 16.2. The number of hydrogen-bond donors (Lipinski definition) is 1. The van der Waals surface area contributed by atoms with Gasteiger partial charge in [-0.3, -0.25) is 10.3 Å². The molecule has 1 aliphatic heterocycles. The Morgan fingerprint density at radius 1 is 1.19 bits per heavy atom. The number of ether oxygens (including phenoxy) is 2. The molecule has 0 unspecified atom stereocenters. The van der Waals surface area contributed by atoms with Gasteiger partial charge in [-0.05, 0) is 39.0 Å². The van der Waals surface area contributed by atoms with E-state index >= 15 is 0 Å². The molecule has 0 atom stereocenters. The molecule has 1 fully saturated rings. The van der Waals surface area contributed by atoms with Crippen molar-refractivity contribution in [1.82, 2.24) is 4.90 Å². The molecule has 9 heteroatoms. The molecular weight excluding hydrogens is 365 g/mol. The first-order chi connectivity index (χ1) is 12.5. The summed E-state index contributed by atoms with van der Waals surface area (Å²) < 4.78 is 50.6. The average Bonchev–Trinajstić information content (AvgIpc) is 2.54. The van der Waals surface area contributed by atoms with E-state index in [4.69, 9.17) is 9.47 Å². The largest absolute Gasteiger partial charge is 0.490 e. The van der Waals surface area contributed by atoms with Gasteiger partial charge in [-0.1, -0.05) is 0 Å². The maximum absolute atomic E-state index is 13.2. The molecule has 0 radical (unpaired) electrons. The van der Waals surface area contributed by atoms with Gasteiger partial charge < -0.3 is 14.4 Å². The molecule has 1 aliphatic rings. The van der Waals surface area contributed by atoms with Gasteiger partial charge in [0.15, 0.2) is 0 Å². The molecule has 6 nitrogen and oxygen atoms in total. The second-order valence-corrected chi connectivity index (χ2v) is 7.30. The number of alkyl halides is 3. The van der Waals surface area contributed by atoms with Crippen molar-refractivity contribution in [2.75, 3.05) is 25.7 Å². The average molecular weight is 390 g/mol. The van der Waals surface area contributed by atoms with Crippen LogP contribution in [0.25, 0.3) is 0 Å². The maximum Gasteiger partial charge on any atom is 0.418 e. The number of anilines is 1. The van der Waals surface area contributed by atoms with Gasteiger partial charge in [-0.25, -0.2) is 4.79 Å². The Balaban J connectivity index is 1.98. The first-order valence-electron chi connectivity index (χ1n) is 8.64. The summed E-state index contributed by atoms with van der Waals surface area (Å²) in [6, 6.07) is 3.66. The standard InChI is InChI=1S/C18H25F3N2O4/c1-17(2,3)27-16(24)23-9-7-12(8-10-23)26-13-5-6-15(22-25-4)14(11-13)18(19,20)21/h5-6,11-12,22H,7-10H2,1-4H3. The molecule has 0 saturated carbocycles. The van der Waals surface area contributed by atoms with E-state index in [2.05, 4.69) is 10.3 Å². The highest BCUT2D eigenvalue weighted by atomic mass is 19.4. The number of halogens is 3. The molecule has 1 amide bonds. The molecule has 0 aromatic heterocycles. The summed E-state index contributed by atoms with van der Waals surface area (Å²) >= 11 is 0. The SMILES string of the molecule is CONc1ccc(OC2CCN(C(=O)OC(C)(C)C)CC2)cc1C(F)(F)F. The summed E-state index contributed by atoms with van der Waals surface area (Å²) in [4.78, 5) is 18.2. The molecular formula is C18H25F3N2O4. The zero-order valence-electron chi connectivity index (χ0n) is 15.9. The van der Waals surface area contributed by atoms with Crippen LogP contribution in [0.15, 0.2) is 18.2 Å². The van der Waals surface area contributed by atoms with Gasteiger partial charge in [-0.15, -0.1) is 0 Å². The fraction of sp³-hybridized carbons (Fsp3) is 0.611. The number of nitrogens with zero attached hydrogens (tertiary/aromatic N) is 1. The van der Waals surface area contributed by atoms with Crippen LogP contribution in [0.2, 0.25) is 0 Å². The predicted octanol–water partition coefficient (Wildman–Crippen LogP) is 4.46. The number of nitrogens with one attached hydrogen (secondary N) is 1. The third kappa shape index (κ3) is 6.20. The van der Waals surface area contributed by atoms with Crippen LogP contribution in [0.3, 0.4) is 0 Å². The van der Waals surface area contributed by atoms with E-state index in [1.165, 1.54) is 19.2 Å². The van der Waals surface area contributed by atoms with Crippen molar-refractivity contribution in [2.24, 2.45) is 0 Å². The summed E-state index contributed by atoms with van der Waals surface area (Å²) in [5.41, 5.74) is 0.593. The Kier molecular flexibility index (Phi) is 6.46. The van der Waals surface area contributed by atoms with Gasteiger partial charge in [0.25, 0.3) is 0 Å². The summed E-state index contributed by atoms with van der Waals surface area (Å²) in [6.07, 6.45) is -4.18. The van der Waals surface area contributed by atoms with Crippen molar-refractivity contribution in [3.8, 4) is 5.75 Å². The molecule has 2 rings (SSSR count). The zero-order valence-corrected chi connectivity index (χ0v) is 15.9. The van der Waals surface area contributed by atoms with Gasteiger partial charge in [0.2, 0.25) is 0 Å². The molecule has 1 aromatic rings. The highest BCUT2D eigenvalue weighted by Gasteiger charge is 2.35. The second-order valence-electron chi connectivity index (χ2n) is 7.30. The highest BCUT2D eigenvalue weighted by Crippen LogP contribution is 2.37. The lowest BCUT2D eigenvalue weighted by Gasteiger charge is -2.33. The van der Waals surface area contributed by atoms with Crippen molar-refractivity contribution in [3.63, 3.8) is 0 Å². The Morgan fingerprint density at radius 2 is 1.81 bits per heavy atom. The van der Waals surface area contributed by atoms with E-state index in [0.29, 0.717) is 25.9 Å². The first-order valence-corrected chi connectivity index (χ1v) is 8.64. The Bertz CT molecular complexity index is 651. The van der Waals surface area contributed by atoms with Gasteiger partial charge in [0.1, 0.15) is 17.5 Å². The minimum absolute atomic E-state index is 0.125. The molecule has 27 heavy (non-hydrogen) atoms. The van der Waals surface area contributed by atoms with Crippen LogP contribution in [0.4, 0.5) is 23.7 Å². The maximum atomic E-state index is 13.2. The van der Waals surface area contributed by atoms with E-state index in [1.54, 1.807) is 25.7 Å². The number of likely N-dealkylation sites (tertiary alicyclic amines) is 1. The van der Waals surface area contributed by atoms with E-state index in [0.717, 1.165) is 6.07 Å². The summed E-state index contributed by atoms with van der Waals surface area (Å²) in [7, 11) is 1.24. The van der Waals surface area contributed by atoms with E-state index < -0.39 is 23.4 Å². The van der Waals surface area contributed by atoms with Gasteiger partial charge >= 0.3 is 12.3 Å². The number of carbonyl (C=O) groups excluding carboxylic acids is 1. The monoisotopic (exact) mass is 390 g/mol. The molecule has 1 saturated heterocycles. The Labute approximate surface area is 156 Å².